The zero-order valence-electron chi connectivity index (χ0n) is 16.8. The number of rotatable bonds is 8. The van der Waals surface area contributed by atoms with E-state index in [9.17, 15) is 4.79 Å². The molecule has 0 aliphatic heterocycles. The molecule has 0 radical (unpaired) electrons. The fourth-order valence-electron chi connectivity index (χ4n) is 2.81. The second-order valence-corrected chi connectivity index (χ2v) is 8.03. The number of carbonyl (C=O) groups is 1. The highest BCUT2D eigenvalue weighted by Crippen LogP contribution is 2.38. The van der Waals surface area contributed by atoms with Crippen molar-refractivity contribution in [3.63, 3.8) is 0 Å². The topological polar surface area (TPSA) is 35.5 Å². The molecule has 0 aliphatic carbocycles. The summed E-state index contributed by atoms with van der Waals surface area (Å²) >= 11 is 9.51. The van der Waals surface area contributed by atoms with Gasteiger partial charge >= 0.3 is 0 Å². The van der Waals surface area contributed by atoms with Gasteiger partial charge in [-0.25, -0.2) is 0 Å². The number of halogens is 2. The molecular weight excluding hydrogens is 464 g/mol. The molecule has 0 amide bonds. The van der Waals surface area contributed by atoms with E-state index in [-0.39, 0.29) is 5.78 Å². The molecule has 0 aromatic heterocycles. The lowest BCUT2D eigenvalue weighted by Crippen LogP contribution is -2.01. The highest BCUT2D eigenvalue weighted by Gasteiger charge is 2.12. The van der Waals surface area contributed by atoms with Crippen molar-refractivity contribution in [1.29, 1.82) is 0 Å². The summed E-state index contributed by atoms with van der Waals surface area (Å²) in [6.07, 6.45) is 3.34. The predicted octanol–water partition coefficient (Wildman–Crippen LogP) is 7.28. The van der Waals surface area contributed by atoms with Crippen molar-refractivity contribution in [2.24, 2.45) is 0 Å². The lowest BCUT2D eigenvalue weighted by atomic mass is 10.1. The Balaban J connectivity index is 1.78. The highest BCUT2D eigenvalue weighted by atomic mass is 79.9. The van der Waals surface area contributed by atoms with Gasteiger partial charge in [-0.2, -0.15) is 0 Å². The van der Waals surface area contributed by atoms with Crippen molar-refractivity contribution in [2.45, 2.75) is 20.5 Å². The Bertz CT molecular complexity index is 1040. The van der Waals surface area contributed by atoms with E-state index in [1.54, 1.807) is 12.2 Å². The van der Waals surface area contributed by atoms with Crippen molar-refractivity contribution < 1.29 is 14.3 Å². The van der Waals surface area contributed by atoms with E-state index in [2.05, 4.69) is 15.9 Å². The Morgan fingerprint density at radius 3 is 2.40 bits per heavy atom. The Morgan fingerprint density at radius 2 is 1.73 bits per heavy atom. The first kappa shape index (κ1) is 22.1. The molecule has 3 rings (SSSR count). The van der Waals surface area contributed by atoms with Crippen molar-refractivity contribution in [2.75, 3.05) is 6.61 Å². The van der Waals surface area contributed by atoms with Crippen molar-refractivity contribution in [3.05, 3.63) is 98.5 Å². The second kappa shape index (κ2) is 10.5. The number of carbonyl (C=O) groups excluding carboxylic acids is 1. The van der Waals surface area contributed by atoms with Gasteiger partial charge in [-0.3, -0.25) is 4.79 Å². The van der Waals surface area contributed by atoms with E-state index in [1.807, 2.05) is 74.5 Å². The third-order valence-corrected chi connectivity index (χ3v) is 5.23. The van der Waals surface area contributed by atoms with Gasteiger partial charge in [-0.05, 0) is 71.2 Å². The fraction of sp³-hybridized carbons (Fsp3) is 0.160. The monoisotopic (exact) mass is 484 g/mol. The summed E-state index contributed by atoms with van der Waals surface area (Å²) in [6, 6.07) is 18.8. The Hall–Kier alpha value is -2.56. The molecule has 0 bridgehead atoms. The maximum absolute atomic E-state index is 12.4. The van der Waals surface area contributed by atoms with Crippen LogP contribution in [0.2, 0.25) is 5.02 Å². The molecule has 3 aromatic rings. The van der Waals surface area contributed by atoms with Crippen LogP contribution in [0.1, 0.15) is 34.0 Å². The lowest BCUT2D eigenvalue weighted by molar-refractivity contribution is 0.104. The van der Waals surface area contributed by atoms with Gasteiger partial charge in [-0.15, -0.1) is 0 Å². The zero-order valence-corrected chi connectivity index (χ0v) is 19.2. The number of hydrogen-bond donors (Lipinski definition) is 0. The normalized spacial score (nSPS) is 10.9. The van der Waals surface area contributed by atoms with Gasteiger partial charge in [-0.1, -0.05) is 59.6 Å². The quantitative estimate of drug-likeness (QED) is 0.248. The lowest BCUT2D eigenvalue weighted by Gasteiger charge is -2.15. The van der Waals surface area contributed by atoms with E-state index in [1.165, 1.54) is 0 Å². The zero-order chi connectivity index (χ0) is 21.5. The van der Waals surface area contributed by atoms with Gasteiger partial charge in [0.1, 0.15) is 6.61 Å². The van der Waals surface area contributed by atoms with Crippen LogP contribution in [0, 0.1) is 6.92 Å². The minimum Gasteiger partial charge on any atom is -0.490 e. The Morgan fingerprint density at radius 1 is 1.03 bits per heavy atom. The number of hydrogen-bond acceptors (Lipinski definition) is 3. The summed E-state index contributed by atoms with van der Waals surface area (Å²) in [6.45, 7) is 4.80. The van der Waals surface area contributed by atoms with Gasteiger partial charge in [0.25, 0.3) is 0 Å². The number of benzene rings is 3. The average molecular weight is 486 g/mol. The molecule has 0 saturated carbocycles. The smallest absolute Gasteiger partial charge is 0.185 e. The summed E-state index contributed by atoms with van der Waals surface area (Å²) in [4.78, 5) is 12.4. The first-order valence-electron chi connectivity index (χ1n) is 9.59. The molecule has 5 heteroatoms. The molecule has 3 aromatic carbocycles. The third kappa shape index (κ3) is 5.97. The molecule has 0 heterocycles. The second-order valence-electron chi connectivity index (χ2n) is 6.74. The van der Waals surface area contributed by atoms with Gasteiger partial charge < -0.3 is 9.47 Å². The van der Waals surface area contributed by atoms with E-state index < -0.39 is 0 Å². The van der Waals surface area contributed by atoms with Crippen LogP contribution in [-0.4, -0.2) is 12.4 Å². The summed E-state index contributed by atoms with van der Waals surface area (Å²) in [5.74, 6) is 1.18. The summed E-state index contributed by atoms with van der Waals surface area (Å²) in [5, 5.41) is 0.686. The van der Waals surface area contributed by atoms with Crippen LogP contribution >= 0.6 is 27.5 Å². The van der Waals surface area contributed by atoms with Crippen molar-refractivity contribution in [1.82, 2.24) is 0 Å². The van der Waals surface area contributed by atoms with Crippen LogP contribution in [0.25, 0.3) is 6.08 Å². The van der Waals surface area contributed by atoms with Gasteiger partial charge in [0.15, 0.2) is 17.3 Å². The Kier molecular flexibility index (Phi) is 7.72. The van der Waals surface area contributed by atoms with E-state index in [0.717, 1.165) is 21.2 Å². The van der Waals surface area contributed by atoms with Crippen LogP contribution in [0.5, 0.6) is 11.5 Å². The van der Waals surface area contributed by atoms with Gasteiger partial charge in [0, 0.05) is 10.6 Å². The molecular formula is C25H22BrClO3. The predicted molar refractivity (Wildman–Crippen MR) is 126 cm³/mol. The van der Waals surface area contributed by atoms with Gasteiger partial charge in [0.05, 0.1) is 11.1 Å². The van der Waals surface area contributed by atoms with Crippen LogP contribution in [0.15, 0.2) is 71.2 Å². The van der Waals surface area contributed by atoms with Crippen LogP contribution < -0.4 is 9.47 Å². The standard InChI is InChI=1S/C25H22BrClO3/c1-3-29-24-15-19(8-13-23(28)20-9-4-17(2)5-10-20)14-22(26)25(24)30-16-18-6-11-21(27)12-7-18/h4-15H,3,16H2,1-2H3/b13-8+. The molecule has 0 spiro atoms. The largest absolute Gasteiger partial charge is 0.490 e. The van der Waals surface area contributed by atoms with Crippen LogP contribution in [0.4, 0.5) is 0 Å². The maximum Gasteiger partial charge on any atom is 0.185 e. The fourth-order valence-corrected chi connectivity index (χ4v) is 3.51. The molecule has 154 valence electrons. The molecule has 3 nitrogen and oxygen atoms in total. The van der Waals surface area contributed by atoms with Crippen molar-refractivity contribution in [3.8, 4) is 11.5 Å². The van der Waals surface area contributed by atoms with Crippen LogP contribution in [-0.2, 0) is 6.61 Å². The SMILES string of the molecule is CCOc1cc(/C=C/C(=O)c2ccc(C)cc2)cc(Br)c1OCc1ccc(Cl)cc1. The highest BCUT2D eigenvalue weighted by molar-refractivity contribution is 9.10. The summed E-state index contributed by atoms with van der Waals surface area (Å²) in [7, 11) is 0. The molecule has 0 atom stereocenters. The number of ketones is 1. The molecule has 0 N–H and O–H groups in total. The molecule has 0 aliphatic rings. The molecule has 0 saturated heterocycles. The number of aryl methyl sites for hydroxylation is 1. The molecule has 0 fully saturated rings. The maximum atomic E-state index is 12.4. The van der Waals surface area contributed by atoms with E-state index >= 15 is 0 Å². The van der Waals surface area contributed by atoms with Gasteiger partial charge in [0.2, 0.25) is 0 Å². The average Bonchev–Trinajstić information content (AvgIpc) is 2.73. The van der Waals surface area contributed by atoms with E-state index in [4.69, 9.17) is 21.1 Å². The van der Waals surface area contributed by atoms with Crippen molar-refractivity contribution >= 4 is 39.4 Å². The van der Waals surface area contributed by atoms with E-state index in [0.29, 0.717) is 35.3 Å². The summed E-state index contributed by atoms with van der Waals surface area (Å²) < 4.78 is 12.5. The minimum atomic E-state index is -0.0489. The number of ether oxygens (including phenoxy) is 2. The minimum absolute atomic E-state index is 0.0489. The third-order valence-electron chi connectivity index (χ3n) is 4.39. The Labute approximate surface area is 190 Å². The first-order valence-corrected chi connectivity index (χ1v) is 10.8. The first-order chi connectivity index (χ1) is 14.5. The summed E-state index contributed by atoms with van der Waals surface area (Å²) in [5.41, 5.74) is 3.62. The number of allylic oxidation sites excluding steroid dienone is 1. The van der Waals surface area contributed by atoms with Crippen LogP contribution in [0.3, 0.4) is 0 Å². The molecule has 30 heavy (non-hydrogen) atoms. The molecule has 0 unspecified atom stereocenters.